The van der Waals surface area contributed by atoms with Crippen molar-refractivity contribution in [2.24, 2.45) is 5.84 Å². The smallest absolute Gasteiger partial charge is 0.119 e. The molecule has 0 saturated heterocycles. The van der Waals surface area contributed by atoms with E-state index in [9.17, 15) is 0 Å². The molecule has 3 N–H and O–H groups in total. The van der Waals surface area contributed by atoms with E-state index in [0.29, 0.717) is 6.61 Å². The van der Waals surface area contributed by atoms with Crippen molar-refractivity contribution in [3.8, 4) is 5.75 Å². The van der Waals surface area contributed by atoms with Crippen molar-refractivity contribution >= 4 is 0 Å². The van der Waals surface area contributed by atoms with Crippen LogP contribution >= 0.6 is 0 Å². The van der Waals surface area contributed by atoms with Crippen molar-refractivity contribution in [3.05, 3.63) is 59.9 Å². The van der Waals surface area contributed by atoms with Crippen LogP contribution in [0.5, 0.6) is 5.75 Å². The lowest BCUT2D eigenvalue weighted by Gasteiger charge is -2.16. The topological polar surface area (TPSA) is 60.2 Å². The Hall–Kier alpha value is -1.91. The van der Waals surface area contributed by atoms with E-state index in [1.165, 1.54) is 5.56 Å². The van der Waals surface area contributed by atoms with E-state index in [-0.39, 0.29) is 6.04 Å². The van der Waals surface area contributed by atoms with Gasteiger partial charge in [-0.15, -0.1) is 0 Å². The lowest BCUT2D eigenvalue weighted by molar-refractivity contribution is 0.285. The summed E-state index contributed by atoms with van der Waals surface area (Å²) >= 11 is 0. The number of rotatable bonds is 8. The molecular weight excluding hydrogens is 262 g/mol. The van der Waals surface area contributed by atoms with Crippen LogP contribution in [0.2, 0.25) is 0 Å². The third-order valence-electron chi connectivity index (χ3n) is 3.46. The number of hydrogen-bond acceptors (Lipinski definition) is 4. The van der Waals surface area contributed by atoms with Crippen LogP contribution in [0.1, 0.15) is 24.6 Å². The van der Waals surface area contributed by atoms with E-state index in [4.69, 9.17) is 10.6 Å². The summed E-state index contributed by atoms with van der Waals surface area (Å²) < 4.78 is 5.70. The van der Waals surface area contributed by atoms with Crippen molar-refractivity contribution in [2.45, 2.75) is 32.2 Å². The Kier molecular flexibility index (Phi) is 6.19. The van der Waals surface area contributed by atoms with Gasteiger partial charge in [0.1, 0.15) is 5.75 Å². The standard InChI is InChI=1S/C17H23N3O/c1-2-14-8-9-15(19-13-14)12-16(20-18)10-11-21-17-6-4-3-5-7-17/h3-9,13,16,20H,2,10-12,18H2,1H3. The van der Waals surface area contributed by atoms with Gasteiger partial charge >= 0.3 is 0 Å². The number of para-hydroxylation sites is 1. The number of hydrazine groups is 1. The highest BCUT2D eigenvalue weighted by Gasteiger charge is 2.09. The molecule has 1 aromatic heterocycles. The summed E-state index contributed by atoms with van der Waals surface area (Å²) in [7, 11) is 0. The lowest BCUT2D eigenvalue weighted by Crippen LogP contribution is -2.38. The molecule has 2 aromatic rings. The van der Waals surface area contributed by atoms with Crippen LogP contribution in [0.4, 0.5) is 0 Å². The zero-order chi connectivity index (χ0) is 14.9. The summed E-state index contributed by atoms with van der Waals surface area (Å²) in [6, 6.07) is 14.2. The van der Waals surface area contributed by atoms with Gasteiger partial charge in [0, 0.05) is 24.4 Å². The van der Waals surface area contributed by atoms with E-state index >= 15 is 0 Å². The van der Waals surface area contributed by atoms with Crippen molar-refractivity contribution in [3.63, 3.8) is 0 Å². The molecule has 112 valence electrons. The first-order chi connectivity index (χ1) is 10.3. The van der Waals surface area contributed by atoms with Crippen molar-refractivity contribution in [1.29, 1.82) is 0 Å². The van der Waals surface area contributed by atoms with E-state index in [1.54, 1.807) is 0 Å². The molecular formula is C17H23N3O. The molecule has 0 amide bonds. The number of hydrogen-bond donors (Lipinski definition) is 2. The van der Waals surface area contributed by atoms with E-state index < -0.39 is 0 Å². The summed E-state index contributed by atoms with van der Waals surface area (Å²) in [4.78, 5) is 4.47. The molecule has 0 aliphatic heterocycles. The normalized spacial score (nSPS) is 12.1. The van der Waals surface area contributed by atoms with Gasteiger partial charge < -0.3 is 4.74 Å². The highest BCUT2D eigenvalue weighted by molar-refractivity contribution is 5.20. The zero-order valence-corrected chi connectivity index (χ0v) is 12.5. The molecule has 4 heteroatoms. The van der Waals surface area contributed by atoms with Gasteiger partial charge in [0.15, 0.2) is 0 Å². The highest BCUT2D eigenvalue weighted by Crippen LogP contribution is 2.10. The van der Waals surface area contributed by atoms with Crippen LogP contribution in [0.15, 0.2) is 48.7 Å². The molecule has 0 aliphatic rings. The minimum Gasteiger partial charge on any atom is -0.494 e. The minimum atomic E-state index is 0.161. The molecule has 0 spiro atoms. The Balaban J connectivity index is 1.79. The van der Waals surface area contributed by atoms with Gasteiger partial charge in [0.05, 0.1) is 6.61 Å². The van der Waals surface area contributed by atoms with Gasteiger partial charge in [0.2, 0.25) is 0 Å². The summed E-state index contributed by atoms with van der Waals surface area (Å²) in [5, 5.41) is 0. The minimum absolute atomic E-state index is 0.161. The van der Waals surface area contributed by atoms with E-state index in [2.05, 4.69) is 29.5 Å². The first-order valence-electron chi connectivity index (χ1n) is 7.39. The monoisotopic (exact) mass is 285 g/mol. The lowest BCUT2D eigenvalue weighted by atomic mass is 10.1. The Morgan fingerprint density at radius 2 is 2.00 bits per heavy atom. The van der Waals surface area contributed by atoms with Gasteiger partial charge in [-0.2, -0.15) is 0 Å². The van der Waals surface area contributed by atoms with Gasteiger partial charge in [-0.1, -0.05) is 31.2 Å². The Morgan fingerprint density at radius 3 is 2.62 bits per heavy atom. The molecule has 1 aromatic carbocycles. The maximum absolute atomic E-state index is 5.70. The second-order valence-electron chi connectivity index (χ2n) is 5.03. The summed E-state index contributed by atoms with van der Waals surface area (Å²) in [5.41, 5.74) is 5.15. The average Bonchev–Trinajstić information content (AvgIpc) is 2.55. The predicted molar refractivity (Wildman–Crippen MR) is 85.0 cm³/mol. The third-order valence-corrected chi connectivity index (χ3v) is 3.46. The van der Waals surface area contributed by atoms with Crippen LogP contribution < -0.4 is 16.0 Å². The molecule has 1 heterocycles. The first-order valence-corrected chi connectivity index (χ1v) is 7.39. The number of nitrogens with zero attached hydrogens (tertiary/aromatic N) is 1. The molecule has 0 saturated carbocycles. The largest absolute Gasteiger partial charge is 0.494 e. The zero-order valence-electron chi connectivity index (χ0n) is 12.5. The number of nitrogens with two attached hydrogens (primary N) is 1. The molecule has 1 unspecified atom stereocenters. The van der Waals surface area contributed by atoms with Crippen molar-refractivity contribution in [2.75, 3.05) is 6.61 Å². The highest BCUT2D eigenvalue weighted by atomic mass is 16.5. The maximum atomic E-state index is 5.70. The quantitative estimate of drug-likeness (QED) is 0.578. The van der Waals surface area contributed by atoms with Crippen LogP contribution in [0.3, 0.4) is 0 Å². The van der Waals surface area contributed by atoms with Gasteiger partial charge in [0.25, 0.3) is 0 Å². The fourth-order valence-corrected chi connectivity index (χ4v) is 2.12. The molecule has 21 heavy (non-hydrogen) atoms. The number of nitrogens with one attached hydrogen (secondary N) is 1. The number of aryl methyl sites for hydroxylation is 1. The third kappa shape index (κ3) is 5.17. The second-order valence-corrected chi connectivity index (χ2v) is 5.03. The van der Waals surface area contributed by atoms with Gasteiger partial charge in [-0.05, 0) is 36.6 Å². The number of aromatic nitrogens is 1. The molecule has 4 nitrogen and oxygen atoms in total. The van der Waals surface area contributed by atoms with Crippen LogP contribution in [-0.2, 0) is 12.8 Å². The molecule has 0 aliphatic carbocycles. The fraction of sp³-hybridized carbons (Fsp3) is 0.353. The molecule has 0 fully saturated rings. The van der Waals surface area contributed by atoms with Gasteiger partial charge in [-0.25, -0.2) is 0 Å². The predicted octanol–water partition coefficient (Wildman–Crippen LogP) is 2.49. The molecule has 1 atom stereocenters. The Labute approximate surface area is 126 Å². The van der Waals surface area contributed by atoms with Crippen molar-refractivity contribution < 1.29 is 4.74 Å². The maximum Gasteiger partial charge on any atom is 0.119 e. The van der Waals surface area contributed by atoms with E-state index in [0.717, 1.165) is 30.7 Å². The SMILES string of the molecule is CCc1ccc(CC(CCOc2ccccc2)NN)nc1. The van der Waals surface area contributed by atoms with Gasteiger partial charge in [-0.3, -0.25) is 16.3 Å². The Bertz CT molecular complexity index is 513. The van der Waals surface area contributed by atoms with Crippen LogP contribution in [0, 0.1) is 0 Å². The Morgan fingerprint density at radius 1 is 1.19 bits per heavy atom. The first kappa shape index (κ1) is 15.5. The molecule has 0 bridgehead atoms. The number of ether oxygens (including phenoxy) is 1. The van der Waals surface area contributed by atoms with Crippen LogP contribution in [0.25, 0.3) is 0 Å². The number of benzene rings is 1. The molecule has 0 radical (unpaired) electrons. The molecule has 2 rings (SSSR count). The van der Waals surface area contributed by atoms with Crippen LogP contribution in [-0.4, -0.2) is 17.6 Å². The summed E-state index contributed by atoms with van der Waals surface area (Å²) in [6.45, 7) is 2.76. The van der Waals surface area contributed by atoms with E-state index in [1.807, 2.05) is 36.5 Å². The average molecular weight is 285 g/mol. The number of pyridine rings is 1. The van der Waals surface area contributed by atoms with Crippen molar-refractivity contribution in [1.82, 2.24) is 10.4 Å². The summed E-state index contributed by atoms with van der Waals surface area (Å²) in [6.07, 6.45) is 4.58. The fourth-order valence-electron chi connectivity index (χ4n) is 2.12. The second kappa shape index (κ2) is 8.39. The summed E-state index contributed by atoms with van der Waals surface area (Å²) in [5.74, 6) is 6.51.